The van der Waals surface area contributed by atoms with Crippen molar-refractivity contribution in [1.29, 1.82) is 0 Å². The minimum atomic E-state index is -0.404. The Kier molecular flexibility index (Phi) is 6.46. The number of urea groups is 1. The van der Waals surface area contributed by atoms with Crippen molar-refractivity contribution in [3.05, 3.63) is 59.7 Å². The second kappa shape index (κ2) is 9.00. The first-order valence-corrected chi connectivity index (χ1v) is 10.4. The van der Waals surface area contributed by atoms with Gasteiger partial charge in [0.15, 0.2) is 0 Å². The third-order valence-electron chi connectivity index (χ3n) is 3.75. The van der Waals surface area contributed by atoms with E-state index in [0.717, 1.165) is 22.8 Å². The summed E-state index contributed by atoms with van der Waals surface area (Å²) in [6, 6.07) is 15.0. The van der Waals surface area contributed by atoms with Gasteiger partial charge in [-0.2, -0.15) is 0 Å². The summed E-state index contributed by atoms with van der Waals surface area (Å²) in [5.74, 6) is 2.06. The van der Waals surface area contributed by atoms with E-state index >= 15 is 0 Å². The number of carbonyl (C=O) groups excluding carboxylic acids is 2. The van der Waals surface area contributed by atoms with Crippen molar-refractivity contribution in [2.45, 2.75) is 11.5 Å². The van der Waals surface area contributed by atoms with Crippen LogP contribution in [-0.2, 0) is 4.79 Å². The third-order valence-corrected chi connectivity index (χ3v) is 6.85. The van der Waals surface area contributed by atoms with E-state index in [1.807, 2.05) is 66.8 Å². The second-order valence-electron chi connectivity index (χ2n) is 5.92. The molecule has 0 spiro atoms. The summed E-state index contributed by atoms with van der Waals surface area (Å²) in [7, 11) is 0. The van der Waals surface area contributed by atoms with E-state index in [9.17, 15) is 9.59 Å². The maximum atomic E-state index is 12.1. The van der Waals surface area contributed by atoms with Crippen LogP contribution < -0.4 is 16.0 Å². The number of hydrogen-bond donors (Lipinski definition) is 3. The van der Waals surface area contributed by atoms with Gasteiger partial charge in [-0.1, -0.05) is 24.3 Å². The van der Waals surface area contributed by atoms with E-state index < -0.39 is 6.03 Å². The van der Waals surface area contributed by atoms with Crippen LogP contribution in [0.1, 0.15) is 15.7 Å². The summed E-state index contributed by atoms with van der Waals surface area (Å²) in [6.45, 7) is 1.86. The lowest BCUT2D eigenvalue weighted by atomic mass is 10.2. The molecule has 3 amide bonds. The van der Waals surface area contributed by atoms with E-state index in [1.54, 1.807) is 6.07 Å². The number of benzene rings is 2. The van der Waals surface area contributed by atoms with Crippen LogP contribution in [0.15, 0.2) is 48.5 Å². The maximum absolute atomic E-state index is 12.1. The molecule has 1 heterocycles. The molecule has 3 N–H and O–H groups in total. The number of hydrogen-bond acceptors (Lipinski definition) is 4. The summed E-state index contributed by atoms with van der Waals surface area (Å²) >= 11 is 3.85. The van der Waals surface area contributed by atoms with Gasteiger partial charge in [-0.25, -0.2) is 4.79 Å². The summed E-state index contributed by atoms with van der Waals surface area (Å²) in [5, 5.41) is 8.12. The monoisotopic (exact) mass is 387 g/mol. The molecule has 1 fully saturated rings. The zero-order valence-electron chi connectivity index (χ0n) is 14.5. The SMILES string of the molecule is Cc1cccc(NC(=O)NCC(=O)Nc2cccc(C3SCCS3)c2)c1. The molecule has 1 saturated heterocycles. The van der Waals surface area contributed by atoms with Crippen LogP contribution in [-0.4, -0.2) is 30.0 Å². The highest BCUT2D eigenvalue weighted by molar-refractivity contribution is 8.19. The van der Waals surface area contributed by atoms with Gasteiger partial charge in [0.05, 0.1) is 11.1 Å². The Balaban J connectivity index is 1.48. The quantitative estimate of drug-likeness (QED) is 0.718. The van der Waals surface area contributed by atoms with Gasteiger partial charge >= 0.3 is 6.03 Å². The Hall–Kier alpha value is -2.12. The average Bonchev–Trinajstić information content (AvgIpc) is 3.15. The van der Waals surface area contributed by atoms with Crippen LogP contribution in [0.5, 0.6) is 0 Å². The molecule has 0 radical (unpaired) electrons. The largest absolute Gasteiger partial charge is 0.329 e. The Labute approximate surface area is 161 Å². The molecule has 3 rings (SSSR count). The first-order valence-electron chi connectivity index (χ1n) is 8.35. The van der Waals surface area contributed by atoms with Crippen molar-refractivity contribution in [3.8, 4) is 0 Å². The minimum Gasteiger partial charge on any atom is -0.329 e. The van der Waals surface area contributed by atoms with Gasteiger partial charge in [0.2, 0.25) is 5.91 Å². The summed E-state index contributed by atoms with van der Waals surface area (Å²) in [4.78, 5) is 24.0. The van der Waals surface area contributed by atoms with E-state index in [-0.39, 0.29) is 12.5 Å². The highest BCUT2D eigenvalue weighted by Crippen LogP contribution is 2.45. The standard InChI is InChI=1S/C19H21N3O2S2/c1-13-4-2-6-15(10-13)22-19(24)20-12-17(23)21-16-7-3-5-14(11-16)18-25-8-9-26-18/h2-7,10-11,18H,8-9,12H2,1H3,(H,21,23)(H2,20,22,24). The molecule has 0 aliphatic carbocycles. The molecule has 1 aliphatic rings. The van der Waals surface area contributed by atoms with Gasteiger partial charge < -0.3 is 16.0 Å². The smallest absolute Gasteiger partial charge is 0.319 e. The molecular weight excluding hydrogens is 366 g/mol. The molecule has 0 bridgehead atoms. The summed E-state index contributed by atoms with van der Waals surface area (Å²) in [6.07, 6.45) is 0. The number of thioether (sulfide) groups is 2. The van der Waals surface area contributed by atoms with Crippen LogP contribution >= 0.6 is 23.5 Å². The van der Waals surface area contributed by atoms with E-state index in [0.29, 0.717) is 10.3 Å². The van der Waals surface area contributed by atoms with Crippen molar-refractivity contribution < 1.29 is 9.59 Å². The lowest BCUT2D eigenvalue weighted by Crippen LogP contribution is -2.35. The highest BCUT2D eigenvalue weighted by atomic mass is 32.2. The molecule has 0 saturated carbocycles. The van der Waals surface area contributed by atoms with Gasteiger partial charge in [-0.05, 0) is 42.3 Å². The molecule has 136 valence electrons. The normalized spacial score (nSPS) is 14.0. The Bertz CT molecular complexity index is 792. The average molecular weight is 388 g/mol. The number of amides is 3. The molecular formula is C19H21N3O2S2. The zero-order valence-corrected chi connectivity index (χ0v) is 16.1. The molecule has 26 heavy (non-hydrogen) atoms. The van der Waals surface area contributed by atoms with Crippen molar-refractivity contribution in [3.63, 3.8) is 0 Å². The molecule has 7 heteroatoms. The number of anilines is 2. The number of aryl methyl sites for hydroxylation is 1. The minimum absolute atomic E-state index is 0.0885. The Morgan fingerprint density at radius 3 is 2.42 bits per heavy atom. The van der Waals surface area contributed by atoms with Gasteiger partial charge in [0.1, 0.15) is 0 Å². The van der Waals surface area contributed by atoms with Crippen molar-refractivity contribution >= 4 is 46.8 Å². The predicted octanol–water partition coefficient (Wildman–Crippen LogP) is 4.23. The molecule has 0 atom stereocenters. The first-order chi connectivity index (χ1) is 12.6. The van der Waals surface area contributed by atoms with Crippen LogP contribution in [0.2, 0.25) is 0 Å². The first kappa shape index (κ1) is 18.7. The molecule has 1 aliphatic heterocycles. The van der Waals surface area contributed by atoms with Crippen molar-refractivity contribution in [2.24, 2.45) is 0 Å². The Morgan fingerprint density at radius 1 is 1.00 bits per heavy atom. The van der Waals surface area contributed by atoms with Gasteiger partial charge in [0, 0.05) is 22.9 Å². The fraction of sp³-hybridized carbons (Fsp3) is 0.263. The van der Waals surface area contributed by atoms with E-state index in [1.165, 1.54) is 5.56 Å². The highest BCUT2D eigenvalue weighted by Gasteiger charge is 2.18. The van der Waals surface area contributed by atoms with E-state index in [4.69, 9.17) is 0 Å². The fourth-order valence-electron chi connectivity index (χ4n) is 2.58. The summed E-state index contributed by atoms with van der Waals surface area (Å²) < 4.78 is 0.435. The molecule has 2 aromatic carbocycles. The van der Waals surface area contributed by atoms with E-state index in [2.05, 4.69) is 22.0 Å². The van der Waals surface area contributed by atoms with Crippen LogP contribution in [0.4, 0.5) is 16.2 Å². The fourth-order valence-corrected chi connectivity index (χ4v) is 5.42. The van der Waals surface area contributed by atoms with Crippen LogP contribution in [0, 0.1) is 6.92 Å². The lowest BCUT2D eigenvalue weighted by molar-refractivity contribution is -0.115. The third kappa shape index (κ3) is 5.44. The van der Waals surface area contributed by atoms with Crippen molar-refractivity contribution in [2.75, 3.05) is 28.7 Å². The molecule has 0 aromatic heterocycles. The summed E-state index contributed by atoms with van der Waals surface area (Å²) in [5.41, 5.74) is 3.71. The lowest BCUT2D eigenvalue weighted by Gasteiger charge is -2.12. The number of nitrogens with one attached hydrogen (secondary N) is 3. The van der Waals surface area contributed by atoms with Gasteiger partial charge in [0.25, 0.3) is 0 Å². The van der Waals surface area contributed by atoms with Crippen LogP contribution in [0.25, 0.3) is 0 Å². The van der Waals surface area contributed by atoms with Gasteiger partial charge in [-0.15, -0.1) is 23.5 Å². The number of carbonyl (C=O) groups is 2. The van der Waals surface area contributed by atoms with Gasteiger partial charge in [-0.3, -0.25) is 4.79 Å². The topological polar surface area (TPSA) is 70.2 Å². The molecule has 2 aromatic rings. The van der Waals surface area contributed by atoms with Crippen LogP contribution in [0.3, 0.4) is 0 Å². The molecule has 5 nitrogen and oxygen atoms in total. The number of rotatable bonds is 5. The predicted molar refractivity (Wildman–Crippen MR) is 111 cm³/mol. The van der Waals surface area contributed by atoms with Crippen molar-refractivity contribution in [1.82, 2.24) is 5.32 Å². The Morgan fingerprint density at radius 2 is 1.69 bits per heavy atom. The molecule has 0 unspecified atom stereocenters. The zero-order chi connectivity index (χ0) is 18.4. The second-order valence-corrected chi connectivity index (χ2v) is 8.65. The maximum Gasteiger partial charge on any atom is 0.319 e.